The van der Waals surface area contributed by atoms with Gasteiger partial charge in [-0.15, -0.1) is 0 Å². The van der Waals surface area contributed by atoms with E-state index < -0.39 is 0 Å². The first-order valence-corrected chi connectivity index (χ1v) is 7.81. The Balaban J connectivity index is 0.000000149. The van der Waals surface area contributed by atoms with Crippen LogP contribution in [0.4, 0.5) is 0 Å². The van der Waals surface area contributed by atoms with Crippen molar-refractivity contribution in [2.24, 2.45) is 0 Å². The Kier molecular flexibility index (Phi) is 5.01. The molecule has 1 heteroatoms. The van der Waals surface area contributed by atoms with E-state index in [4.69, 9.17) is 0 Å². The van der Waals surface area contributed by atoms with Crippen molar-refractivity contribution in [1.82, 2.24) is 0 Å². The Hall–Kier alpha value is -1.56. The van der Waals surface area contributed by atoms with Gasteiger partial charge in [-0.1, -0.05) is 35.9 Å². The molecule has 0 saturated carbocycles. The SMILES string of the molecule is Cc1ccccc1.c1ccc(-c2ccc[se]2)cc1. The fourth-order valence-electron chi connectivity index (χ4n) is 1.58. The van der Waals surface area contributed by atoms with Gasteiger partial charge in [0.15, 0.2) is 0 Å². The average Bonchev–Trinajstić information content (AvgIpc) is 2.95. The molecule has 0 amide bonds. The van der Waals surface area contributed by atoms with E-state index in [1.54, 1.807) is 0 Å². The zero-order chi connectivity index (χ0) is 12.6. The van der Waals surface area contributed by atoms with Crippen LogP contribution in [0.2, 0.25) is 0 Å². The second kappa shape index (κ2) is 7.00. The summed E-state index contributed by atoms with van der Waals surface area (Å²) in [6.45, 7) is 2.08. The van der Waals surface area contributed by atoms with E-state index in [0.29, 0.717) is 14.5 Å². The van der Waals surface area contributed by atoms with Gasteiger partial charge in [-0.05, 0) is 6.92 Å². The molecule has 0 radical (unpaired) electrons. The van der Waals surface area contributed by atoms with Gasteiger partial charge in [0.1, 0.15) is 0 Å². The molecule has 0 atom stereocenters. The van der Waals surface area contributed by atoms with Crippen molar-refractivity contribution in [1.29, 1.82) is 0 Å². The van der Waals surface area contributed by atoms with E-state index in [2.05, 4.69) is 66.5 Å². The molecule has 18 heavy (non-hydrogen) atoms. The Morgan fingerprint density at radius 2 is 1.28 bits per heavy atom. The molecular weight excluding hydrogens is 283 g/mol. The van der Waals surface area contributed by atoms with Crippen molar-refractivity contribution in [2.45, 2.75) is 6.92 Å². The van der Waals surface area contributed by atoms with Crippen molar-refractivity contribution in [2.75, 3.05) is 0 Å². The topological polar surface area (TPSA) is 0 Å². The molecule has 0 saturated heterocycles. The molecule has 0 spiro atoms. The predicted molar refractivity (Wildman–Crippen MR) is 80.0 cm³/mol. The maximum atomic E-state index is 2.25. The van der Waals surface area contributed by atoms with Crippen LogP contribution in [0.1, 0.15) is 5.56 Å². The molecular formula is C17H16Se. The van der Waals surface area contributed by atoms with E-state index in [9.17, 15) is 0 Å². The van der Waals surface area contributed by atoms with Crippen molar-refractivity contribution >= 4 is 14.5 Å². The molecule has 0 aliphatic rings. The van der Waals surface area contributed by atoms with Crippen molar-refractivity contribution in [3.8, 4) is 10.0 Å². The summed E-state index contributed by atoms with van der Waals surface area (Å²) in [5.41, 5.74) is 2.69. The summed E-state index contributed by atoms with van der Waals surface area (Å²) >= 11 is 0.571. The van der Waals surface area contributed by atoms with Crippen LogP contribution in [-0.2, 0) is 0 Å². The predicted octanol–water partition coefficient (Wildman–Crippen LogP) is 4.41. The van der Waals surface area contributed by atoms with Crippen LogP contribution < -0.4 is 0 Å². The monoisotopic (exact) mass is 300 g/mol. The van der Waals surface area contributed by atoms with Gasteiger partial charge in [-0.3, -0.25) is 0 Å². The van der Waals surface area contributed by atoms with Gasteiger partial charge in [0.05, 0.1) is 0 Å². The van der Waals surface area contributed by atoms with E-state index in [1.165, 1.54) is 15.6 Å². The molecule has 1 aromatic heterocycles. The molecule has 0 fully saturated rings. The molecule has 3 aromatic rings. The van der Waals surface area contributed by atoms with Gasteiger partial charge in [0.25, 0.3) is 0 Å². The minimum atomic E-state index is 0.571. The number of hydrogen-bond donors (Lipinski definition) is 0. The van der Waals surface area contributed by atoms with Crippen LogP contribution in [0, 0.1) is 6.92 Å². The Morgan fingerprint density at radius 3 is 1.72 bits per heavy atom. The third-order valence-electron chi connectivity index (χ3n) is 2.52. The standard InChI is InChI=1S/C10H8Se.C7H8/c1-2-5-9(6-3-1)10-7-4-8-11-10;1-7-5-3-2-4-6-7/h1-8H;2-6H,1H3. The van der Waals surface area contributed by atoms with Crippen LogP contribution in [0.25, 0.3) is 10.0 Å². The molecule has 0 aliphatic heterocycles. The van der Waals surface area contributed by atoms with Gasteiger partial charge in [-0.25, -0.2) is 0 Å². The van der Waals surface area contributed by atoms with Gasteiger partial charge in [-0.2, -0.15) is 0 Å². The van der Waals surface area contributed by atoms with Gasteiger partial charge in [0, 0.05) is 0 Å². The number of aryl methyl sites for hydroxylation is 1. The van der Waals surface area contributed by atoms with Crippen molar-refractivity contribution in [3.05, 3.63) is 83.3 Å². The summed E-state index contributed by atoms with van der Waals surface area (Å²) in [6, 6.07) is 25.2. The maximum absolute atomic E-state index is 2.25. The molecule has 1 heterocycles. The quantitative estimate of drug-likeness (QED) is 0.584. The third kappa shape index (κ3) is 4.03. The first kappa shape index (κ1) is 12.9. The average molecular weight is 299 g/mol. The van der Waals surface area contributed by atoms with E-state index in [0.717, 1.165) is 0 Å². The van der Waals surface area contributed by atoms with Gasteiger partial charge < -0.3 is 0 Å². The molecule has 2 aromatic carbocycles. The molecule has 0 N–H and O–H groups in total. The van der Waals surface area contributed by atoms with Crippen molar-refractivity contribution in [3.63, 3.8) is 0 Å². The zero-order valence-electron chi connectivity index (χ0n) is 10.4. The number of rotatable bonds is 1. The first-order valence-electron chi connectivity index (χ1n) is 5.97. The first-order chi connectivity index (χ1) is 8.86. The minimum absolute atomic E-state index is 0.571. The molecule has 0 unspecified atom stereocenters. The van der Waals surface area contributed by atoms with Crippen LogP contribution in [0.5, 0.6) is 0 Å². The summed E-state index contributed by atoms with van der Waals surface area (Å²) in [6.07, 6.45) is 0. The van der Waals surface area contributed by atoms with Crippen LogP contribution in [0.15, 0.2) is 77.7 Å². The van der Waals surface area contributed by atoms with E-state index in [1.807, 2.05) is 18.2 Å². The molecule has 0 aliphatic carbocycles. The normalized spacial score (nSPS) is 9.39. The summed E-state index contributed by atoms with van der Waals surface area (Å²) < 4.78 is 1.48. The Morgan fingerprint density at radius 1 is 0.667 bits per heavy atom. The van der Waals surface area contributed by atoms with Gasteiger partial charge in [0.2, 0.25) is 0 Å². The van der Waals surface area contributed by atoms with Crippen LogP contribution in [-0.4, -0.2) is 14.5 Å². The fourth-order valence-corrected chi connectivity index (χ4v) is 3.12. The van der Waals surface area contributed by atoms with Crippen LogP contribution in [0.3, 0.4) is 0 Å². The van der Waals surface area contributed by atoms with Crippen LogP contribution >= 0.6 is 0 Å². The molecule has 0 bridgehead atoms. The summed E-state index contributed by atoms with van der Waals surface area (Å²) in [5.74, 6) is 0. The Bertz CT molecular complexity index is 539. The van der Waals surface area contributed by atoms with Crippen molar-refractivity contribution < 1.29 is 0 Å². The second-order valence-corrected chi connectivity index (χ2v) is 5.99. The summed E-state index contributed by atoms with van der Waals surface area (Å²) in [4.78, 5) is 2.25. The van der Waals surface area contributed by atoms with Gasteiger partial charge >= 0.3 is 71.9 Å². The zero-order valence-corrected chi connectivity index (χ0v) is 12.1. The summed E-state index contributed by atoms with van der Waals surface area (Å²) in [7, 11) is 0. The number of benzene rings is 2. The molecule has 0 nitrogen and oxygen atoms in total. The Labute approximate surface area is 115 Å². The molecule has 90 valence electrons. The fraction of sp³-hybridized carbons (Fsp3) is 0.0588. The van der Waals surface area contributed by atoms with E-state index >= 15 is 0 Å². The van der Waals surface area contributed by atoms with E-state index in [-0.39, 0.29) is 0 Å². The summed E-state index contributed by atoms with van der Waals surface area (Å²) in [5, 5.41) is 0. The third-order valence-corrected chi connectivity index (χ3v) is 4.45. The second-order valence-electron chi connectivity index (χ2n) is 4.00. The molecule has 3 rings (SSSR count). The number of hydrogen-bond acceptors (Lipinski definition) is 0.